The van der Waals surface area contributed by atoms with E-state index in [9.17, 15) is 4.79 Å². The van der Waals surface area contributed by atoms with Crippen molar-refractivity contribution >= 4 is 6.29 Å². The lowest BCUT2D eigenvalue weighted by atomic mass is 10.1. The Morgan fingerprint density at radius 1 is 1.53 bits per heavy atom. The summed E-state index contributed by atoms with van der Waals surface area (Å²) in [5, 5.41) is 4.18. The summed E-state index contributed by atoms with van der Waals surface area (Å²) in [5.41, 5.74) is 0. The first-order valence-electron chi connectivity index (χ1n) is 5.55. The van der Waals surface area contributed by atoms with Gasteiger partial charge in [0.15, 0.2) is 0 Å². The third-order valence-electron chi connectivity index (χ3n) is 3.06. The number of nitrogens with zero attached hydrogens (tertiary/aromatic N) is 3. The lowest BCUT2D eigenvalue weighted by Gasteiger charge is -2.21. The molecule has 82 valence electrons. The highest BCUT2D eigenvalue weighted by Crippen LogP contribution is 2.19. The Kier molecular flexibility index (Phi) is 3.50. The quantitative estimate of drug-likeness (QED) is 0.674. The minimum atomic E-state index is 0.569. The van der Waals surface area contributed by atoms with Crippen LogP contribution in [-0.4, -0.2) is 40.1 Å². The number of aryl methyl sites for hydroxylation is 1. The van der Waals surface area contributed by atoms with Gasteiger partial charge in [-0.05, 0) is 31.9 Å². The summed E-state index contributed by atoms with van der Waals surface area (Å²) in [5.74, 6) is 0. The SMILES string of the molecule is O=CCN1CCCC1CCn1cccn1. The van der Waals surface area contributed by atoms with E-state index in [-0.39, 0.29) is 0 Å². The van der Waals surface area contributed by atoms with Gasteiger partial charge in [0.05, 0.1) is 6.54 Å². The molecule has 2 heterocycles. The van der Waals surface area contributed by atoms with E-state index in [0.717, 1.165) is 25.8 Å². The summed E-state index contributed by atoms with van der Waals surface area (Å²) >= 11 is 0. The fraction of sp³-hybridized carbons (Fsp3) is 0.636. The summed E-state index contributed by atoms with van der Waals surface area (Å²) in [6.45, 7) is 2.61. The third-order valence-corrected chi connectivity index (χ3v) is 3.06. The van der Waals surface area contributed by atoms with E-state index in [1.807, 2.05) is 16.9 Å². The number of carbonyl (C=O) groups excluding carboxylic acids is 1. The summed E-state index contributed by atoms with van der Waals surface area (Å²) in [4.78, 5) is 12.8. The zero-order chi connectivity index (χ0) is 10.5. The minimum absolute atomic E-state index is 0.569. The molecule has 1 atom stereocenters. The molecule has 15 heavy (non-hydrogen) atoms. The average molecular weight is 207 g/mol. The van der Waals surface area contributed by atoms with Crippen molar-refractivity contribution < 1.29 is 4.79 Å². The van der Waals surface area contributed by atoms with Crippen LogP contribution in [0.2, 0.25) is 0 Å². The van der Waals surface area contributed by atoms with E-state index in [1.165, 1.54) is 12.8 Å². The summed E-state index contributed by atoms with van der Waals surface area (Å²) in [6, 6.07) is 2.51. The van der Waals surface area contributed by atoms with Crippen LogP contribution in [0.1, 0.15) is 19.3 Å². The van der Waals surface area contributed by atoms with Crippen LogP contribution < -0.4 is 0 Å². The standard InChI is InChI=1S/C11H17N3O/c15-10-9-13-6-1-3-11(13)4-8-14-7-2-5-12-14/h2,5,7,10-11H,1,3-4,6,8-9H2. The largest absolute Gasteiger partial charge is 0.302 e. The molecule has 1 aliphatic rings. The molecule has 0 spiro atoms. The molecular weight excluding hydrogens is 190 g/mol. The Hall–Kier alpha value is -1.16. The molecule has 0 aromatic carbocycles. The van der Waals surface area contributed by atoms with Crippen LogP contribution in [0.4, 0.5) is 0 Å². The van der Waals surface area contributed by atoms with Crippen LogP contribution in [0.15, 0.2) is 18.5 Å². The number of aromatic nitrogens is 2. The molecule has 2 rings (SSSR count). The van der Waals surface area contributed by atoms with E-state index in [4.69, 9.17) is 0 Å². The van der Waals surface area contributed by atoms with Gasteiger partial charge in [-0.25, -0.2) is 0 Å². The lowest BCUT2D eigenvalue weighted by Crippen LogP contribution is -2.31. The van der Waals surface area contributed by atoms with Gasteiger partial charge in [-0.1, -0.05) is 0 Å². The molecule has 0 amide bonds. The molecule has 0 saturated carbocycles. The Labute approximate surface area is 89.9 Å². The maximum Gasteiger partial charge on any atom is 0.133 e. The van der Waals surface area contributed by atoms with E-state index >= 15 is 0 Å². The second kappa shape index (κ2) is 5.07. The van der Waals surface area contributed by atoms with Crippen LogP contribution in [0.3, 0.4) is 0 Å². The normalized spacial score (nSPS) is 22.0. The first-order valence-corrected chi connectivity index (χ1v) is 5.55. The van der Waals surface area contributed by atoms with Gasteiger partial charge in [-0.15, -0.1) is 0 Å². The molecule has 1 aromatic rings. The number of carbonyl (C=O) groups is 1. The van der Waals surface area contributed by atoms with Gasteiger partial charge in [-0.2, -0.15) is 5.10 Å². The third kappa shape index (κ3) is 2.65. The second-order valence-electron chi connectivity index (χ2n) is 4.02. The molecule has 1 fully saturated rings. The summed E-state index contributed by atoms with van der Waals surface area (Å²) in [6.07, 6.45) is 8.32. The van der Waals surface area contributed by atoms with Crippen molar-refractivity contribution in [3.05, 3.63) is 18.5 Å². The number of likely N-dealkylation sites (tertiary alicyclic amines) is 1. The van der Waals surface area contributed by atoms with E-state index in [1.54, 1.807) is 6.20 Å². The molecule has 0 radical (unpaired) electrons. The molecule has 1 aliphatic heterocycles. The van der Waals surface area contributed by atoms with Crippen molar-refractivity contribution in [3.63, 3.8) is 0 Å². The second-order valence-corrected chi connectivity index (χ2v) is 4.02. The summed E-state index contributed by atoms with van der Waals surface area (Å²) in [7, 11) is 0. The molecule has 1 unspecified atom stereocenters. The fourth-order valence-corrected chi connectivity index (χ4v) is 2.27. The average Bonchev–Trinajstić information content (AvgIpc) is 2.85. The Bertz CT molecular complexity index is 297. The van der Waals surface area contributed by atoms with Crippen molar-refractivity contribution in [1.82, 2.24) is 14.7 Å². The highest BCUT2D eigenvalue weighted by Gasteiger charge is 2.23. The fourth-order valence-electron chi connectivity index (χ4n) is 2.27. The van der Waals surface area contributed by atoms with E-state index < -0.39 is 0 Å². The zero-order valence-corrected chi connectivity index (χ0v) is 8.88. The molecule has 0 aliphatic carbocycles. The van der Waals surface area contributed by atoms with Crippen LogP contribution in [-0.2, 0) is 11.3 Å². The van der Waals surface area contributed by atoms with Gasteiger partial charge in [0, 0.05) is 25.0 Å². The first kappa shape index (κ1) is 10.4. The van der Waals surface area contributed by atoms with Gasteiger partial charge in [0.25, 0.3) is 0 Å². The van der Waals surface area contributed by atoms with Gasteiger partial charge in [0.2, 0.25) is 0 Å². The maximum atomic E-state index is 10.5. The van der Waals surface area contributed by atoms with Crippen molar-refractivity contribution in [3.8, 4) is 0 Å². The lowest BCUT2D eigenvalue weighted by molar-refractivity contribution is -0.109. The van der Waals surface area contributed by atoms with Gasteiger partial charge < -0.3 is 4.79 Å². The molecular formula is C11H17N3O. The van der Waals surface area contributed by atoms with Gasteiger partial charge in [-0.3, -0.25) is 9.58 Å². The van der Waals surface area contributed by atoms with Crippen molar-refractivity contribution in [2.24, 2.45) is 0 Å². The molecule has 1 aromatic heterocycles. The minimum Gasteiger partial charge on any atom is -0.302 e. The Morgan fingerprint density at radius 2 is 2.47 bits per heavy atom. The maximum absolute atomic E-state index is 10.5. The molecule has 4 nitrogen and oxygen atoms in total. The number of hydrogen-bond donors (Lipinski definition) is 0. The molecule has 1 saturated heterocycles. The van der Waals surface area contributed by atoms with Gasteiger partial charge >= 0.3 is 0 Å². The smallest absolute Gasteiger partial charge is 0.133 e. The number of rotatable bonds is 5. The topological polar surface area (TPSA) is 38.1 Å². The number of hydrogen-bond acceptors (Lipinski definition) is 3. The van der Waals surface area contributed by atoms with Crippen LogP contribution >= 0.6 is 0 Å². The predicted octanol–water partition coefficient (Wildman–Crippen LogP) is 0.937. The summed E-state index contributed by atoms with van der Waals surface area (Å²) < 4.78 is 1.96. The number of aldehydes is 1. The van der Waals surface area contributed by atoms with E-state index in [0.29, 0.717) is 12.6 Å². The van der Waals surface area contributed by atoms with Crippen molar-refractivity contribution in [2.75, 3.05) is 13.1 Å². The van der Waals surface area contributed by atoms with Crippen LogP contribution in [0.5, 0.6) is 0 Å². The molecule has 0 bridgehead atoms. The molecule has 0 N–H and O–H groups in total. The van der Waals surface area contributed by atoms with Crippen LogP contribution in [0.25, 0.3) is 0 Å². The monoisotopic (exact) mass is 207 g/mol. The highest BCUT2D eigenvalue weighted by molar-refractivity contribution is 5.52. The zero-order valence-electron chi connectivity index (χ0n) is 8.88. The Morgan fingerprint density at radius 3 is 3.20 bits per heavy atom. The van der Waals surface area contributed by atoms with Crippen molar-refractivity contribution in [2.45, 2.75) is 31.8 Å². The van der Waals surface area contributed by atoms with Gasteiger partial charge in [0.1, 0.15) is 6.29 Å². The highest BCUT2D eigenvalue weighted by atomic mass is 16.1. The predicted molar refractivity (Wildman–Crippen MR) is 57.5 cm³/mol. The van der Waals surface area contributed by atoms with Crippen molar-refractivity contribution in [1.29, 1.82) is 0 Å². The first-order chi connectivity index (χ1) is 7.40. The van der Waals surface area contributed by atoms with Crippen LogP contribution in [0, 0.1) is 0 Å². The van der Waals surface area contributed by atoms with E-state index in [2.05, 4.69) is 10.00 Å². The Balaban J connectivity index is 1.80. The molecule has 4 heteroatoms.